The largest absolute Gasteiger partial charge is 0.322 e. The predicted molar refractivity (Wildman–Crippen MR) is 110 cm³/mol. The number of nitrogens with zero attached hydrogens (tertiary/aromatic N) is 3. The molecule has 2 heterocycles. The lowest BCUT2D eigenvalue weighted by molar-refractivity contribution is 0.702. The van der Waals surface area contributed by atoms with Crippen LogP contribution in [0.2, 0.25) is 0 Å². The second kappa shape index (κ2) is 8.07. The van der Waals surface area contributed by atoms with Crippen molar-refractivity contribution in [2.45, 2.75) is 12.5 Å². The van der Waals surface area contributed by atoms with Gasteiger partial charge < -0.3 is 11.1 Å². The van der Waals surface area contributed by atoms with Gasteiger partial charge in [-0.05, 0) is 24.1 Å². The third-order valence-electron chi connectivity index (χ3n) is 4.17. The molecule has 134 valence electrons. The minimum Gasteiger partial charge on any atom is -0.322 e. The van der Waals surface area contributed by atoms with Gasteiger partial charge in [-0.2, -0.15) is 0 Å². The molecule has 2 aromatic heterocycles. The van der Waals surface area contributed by atoms with Gasteiger partial charge in [0.05, 0.1) is 17.4 Å². The fourth-order valence-electron chi connectivity index (χ4n) is 2.76. The number of anilines is 2. The molecule has 0 fully saturated rings. The average Bonchev–Trinajstić information content (AvgIpc) is 3.19. The number of aromatic nitrogens is 3. The molecule has 0 spiro atoms. The Morgan fingerprint density at radius 1 is 0.889 bits per heavy atom. The monoisotopic (exact) mass is 373 g/mol. The number of benzene rings is 2. The lowest BCUT2D eigenvalue weighted by Crippen LogP contribution is -2.13. The first-order chi connectivity index (χ1) is 13.3. The average molecular weight is 373 g/mol. The Bertz CT molecular complexity index is 984. The van der Waals surface area contributed by atoms with E-state index in [-0.39, 0.29) is 6.04 Å². The second-order valence-electron chi connectivity index (χ2n) is 6.17. The lowest BCUT2D eigenvalue weighted by Gasteiger charge is -2.08. The van der Waals surface area contributed by atoms with Gasteiger partial charge in [0.2, 0.25) is 0 Å². The SMILES string of the molecule is NC(Cc1ccccc1)c1csc(Nc2ccc(-c3ccccc3)nn2)n1. The highest BCUT2D eigenvalue weighted by Crippen LogP contribution is 2.25. The summed E-state index contributed by atoms with van der Waals surface area (Å²) in [6, 6.07) is 23.9. The van der Waals surface area contributed by atoms with Gasteiger partial charge in [0.15, 0.2) is 10.9 Å². The van der Waals surface area contributed by atoms with Crippen LogP contribution in [-0.4, -0.2) is 15.2 Å². The van der Waals surface area contributed by atoms with Crippen molar-refractivity contribution in [3.05, 3.63) is 89.4 Å². The van der Waals surface area contributed by atoms with Crippen LogP contribution in [0.5, 0.6) is 0 Å². The first kappa shape index (κ1) is 17.3. The summed E-state index contributed by atoms with van der Waals surface area (Å²) < 4.78 is 0. The van der Waals surface area contributed by atoms with Crippen molar-refractivity contribution in [1.82, 2.24) is 15.2 Å². The highest BCUT2D eigenvalue weighted by Gasteiger charge is 2.12. The fourth-order valence-corrected chi connectivity index (χ4v) is 3.54. The lowest BCUT2D eigenvalue weighted by atomic mass is 10.1. The molecule has 4 aromatic rings. The molecule has 0 aliphatic rings. The van der Waals surface area contributed by atoms with Gasteiger partial charge in [0.1, 0.15) is 0 Å². The van der Waals surface area contributed by atoms with Crippen LogP contribution in [0, 0.1) is 0 Å². The van der Waals surface area contributed by atoms with E-state index in [9.17, 15) is 0 Å². The van der Waals surface area contributed by atoms with Crippen molar-refractivity contribution in [3.8, 4) is 11.3 Å². The molecule has 27 heavy (non-hydrogen) atoms. The number of thiazole rings is 1. The number of nitrogens with two attached hydrogens (primary N) is 1. The topological polar surface area (TPSA) is 76.7 Å². The molecule has 0 saturated carbocycles. The Hall–Kier alpha value is -3.09. The zero-order valence-corrected chi connectivity index (χ0v) is 15.4. The maximum absolute atomic E-state index is 6.31. The van der Waals surface area contributed by atoms with Gasteiger partial charge >= 0.3 is 0 Å². The summed E-state index contributed by atoms with van der Waals surface area (Å²) in [7, 11) is 0. The van der Waals surface area contributed by atoms with Crippen molar-refractivity contribution in [1.29, 1.82) is 0 Å². The third kappa shape index (κ3) is 4.36. The minimum atomic E-state index is -0.134. The molecule has 0 aliphatic carbocycles. The van der Waals surface area contributed by atoms with E-state index >= 15 is 0 Å². The van der Waals surface area contributed by atoms with Gasteiger partial charge in [-0.25, -0.2) is 4.98 Å². The van der Waals surface area contributed by atoms with Crippen LogP contribution >= 0.6 is 11.3 Å². The Labute approximate surface area is 161 Å². The first-order valence-electron chi connectivity index (χ1n) is 8.69. The van der Waals surface area contributed by atoms with Gasteiger partial charge in [0.25, 0.3) is 0 Å². The van der Waals surface area contributed by atoms with E-state index in [1.807, 2.05) is 66.0 Å². The summed E-state index contributed by atoms with van der Waals surface area (Å²) in [6.45, 7) is 0. The summed E-state index contributed by atoms with van der Waals surface area (Å²) in [5.41, 5.74) is 10.3. The van der Waals surface area contributed by atoms with Crippen LogP contribution in [0.3, 0.4) is 0 Å². The van der Waals surface area contributed by atoms with Gasteiger partial charge in [-0.1, -0.05) is 60.7 Å². The molecule has 0 aliphatic heterocycles. The molecule has 1 unspecified atom stereocenters. The minimum absolute atomic E-state index is 0.134. The Kier molecular flexibility index (Phi) is 5.18. The van der Waals surface area contributed by atoms with E-state index in [0.29, 0.717) is 5.82 Å². The highest BCUT2D eigenvalue weighted by molar-refractivity contribution is 7.13. The van der Waals surface area contributed by atoms with Gasteiger partial charge in [-0.15, -0.1) is 21.5 Å². The molecule has 0 saturated heterocycles. The van der Waals surface area contributed by atoms with E-state index in [2.05, 4.69) is 32.6 Å². The molecule has 0 radical (unpaired) electrons. The molecule has 5 nitrogen and oxygen atoms in total. The van der Waals surface area contributed by atoms with Gasteiger partial charge in [0, 0.05) is 10.9 Å². The standard InChI is InChI=1S/C21H19N5S/c22-17(13-15-7-3-1-4-8-15)19-14-27-21(23-19)24-20-12-11-18(25-26-20)16-9-5-2-6-10-16/h1-12,14,17H,13,22H2,(H,23,24,26). The highest BCUT2D eigenvalue weighted by atomic mass is 32.1. The Balaban J connectivity index is 1.42. The molecule has 1 atom stereocenters. The molecular formula is C21H19N5S. The van der Waals surface area contributed by atoms with E-state index in [1.54, 1.807) is 0 Å². The zero-order valence-electron chi connectivity index (χ0n) is 14.6. The maximum Gasteiger partial charge on any atom is 0.188 e. The Morgan fingerprint density at radius 3 is 2.33 bits per heavy atom. The van der Waals surface area contributed by atoms with E-state index in [1.165, 1.54) is 16.9 Å². The number of rotatable bonds is 6. The molecule has 0 bridgehead atoms. The van der Waals surface area contributed by atoms with Crippen molar-refractivity contribution in [2.24, 2.45) is 5.73 Å². The van der Waals surface area contributed by atoms with Crippen LogP contribution < -0.4 is 11.1 Å². The molecule has 3 N–H and O–H groups in total. The molecule has 2 aromatic carbocycles. The smallest absolute Gasteiger partial charge is 0.188 e. The van der Waals surface area contributed by atoms with E-state index in [0.717, 1.165) is 28.5 Å². The quantitative estimate of drug-likeness (QED) is 0.517. The van der Waals surface area contributed by atoms with Crippen LogP contribution in [0.25, 0.3) is 11.3 Å². The summed E-state index contributed by atoms with van der Waals surface area (Å²) in [6.07, 6.45) is 0.760. The van der Waals surface area contributed by atoms with Gasteiger partial charge in [-0.3, -0.25) is 0 Å². The maximum atomic E-state index is 6.31. The number of hydrogen-bond donors (Lipinski definition) is 2. The van der Waals surface area contributed by atoms with Crippen molar-refractivity contribution >= 4 is 22.3 Å². The molecule has 4 rings (SSSR count). The Morgan fingerprint density at radius 2 is 1.63 bits per heavy atom. The summed E-state index contributed by atoms with van der Waals surface area (Å²) in [5, 5.41) is 14.5. The first-order valence-corrected chi connectivity index (χ1v) is 9.57. The predicted octanol–water partition coefficient (Wildman–Crippen LogP) is 4.59. The van der Waals surface area contributed by atoms with Crippen LogP contribution in [0.1, 0.15) is 17.3 Å². The summed E-state index contributed by atoms with van der Waals surface area (Å²) >= 11 is 1.51. The fraction of sp³-hybridized carbons (Fsp3) is 0.0952. The summed E-state index contributed by atoms with van der Waals surface area (Å²) in [4.78, 5) is 4.60. The normalized spacial score (nSPS) is 11.9. The number of hydrogen-bond acceptors (Lipinski definition) is 6. The van der Waals surface area contributed by atoms with Crippen molar-refractivity contribution in [2.75, 3.05) is 5.32 Å². The molecule has 6 heteroatoms. The van der Waals surface area contributed by atoms with Crippen LogP contribution in [-0.2, 0) is 6.42 Å². The van der Waals surface area contributed by atoms with Crippen molar-refractivity contribution < 1.29 is 0 Å². The molecule has 0 amide bonds. The number of nitrogens with one attached hydrogen (secondary N) is 1. The summed E-state index contributed by atoms with van der Waals surface area (Å²) in [5.74, 6) is 0.659. The second-order valence-corrected chi connectivity index (χ2v) is 7.03. The zero-order chi connectivity index (χ0) is 18.5. The van der Waals surface area contributed by atoms with Crippen LogP contribution in [0.15, 0.2) is 78.2 Å². The third-order valence-corrected chi connectivity index (χ3v) is 4.95. The van der Waals surface area contributed by atoms with Crippen molar-refractivity contribution in [3.63, 3.8) is 0 Å². The van der Waals surface area contributed by atoms with Crippen LogP contribution in [0.4, 0.5) is 10.9 Å². The van der Waals surface area contributed by atoms with E-state index < -0.39 is 0 Å². The molecular weight excluding hydrogens is 354 g/mol. The van der Waals surface area contributed by atoms with E-state index in [4.69, 9.17) is 5.73 Å².